The minimum Gasteiger partial charge on any atom is -0.379 e. The third kappa shape index (κ3) is 7.59. The predicted molar refractivity (Wildman–Crippen MR) is 124 cm³/mol. The number of carbonyl (C=O) groups excluding carboxylic acids is 1. The maximum absolute atomic E-state index is 13.4. The summed E-state index contributed by atoms with van der Waals surface area (Å²) in [5.41, 5.74) is 0.564. The molecule has 0 heterocycles. The molecule has 0 bridgehead atoms. The summed E-state index contributed by atoms with van der Waals surface area (Å²) in [6, 6.07) is 5.02. The highest BCUT2D eigenvalue weighted by Crippen LogP contribution is 2.33. The number of nitro groups is 1. The second-order valence-electron chi connectivity index (χ2n) is 8.70. The summed E-state index contributed by atoms with van der Waals surface area (Å²) >= 11 is 0. The van der Waals surface area contributed by atoms with Crippen LogP contribution in [0, 0.1) is 10.1 Å². The molecule has 1 aromatic rings. The zero-order chi connectivity index (χ0) is 22.7. The number of hydrogen-bond donors (Lipinski definition) is 1. The van der Waals surface area contributed by atoms with Gasteiger partial charge in [-0.25, -0.2) is 0 Å². The van der Waals surface area contributed by atoms with Crippen molar-refractivity contribution in [1.29, 1.82) is 0 Å². The second-order valence-corrected chi connectivity index (χ2v) is 8.70. The van der Waals surface area contributed by atoms with Crippen molar-refractivity contribution in [3.63, 3.8) is 0 Å². The Morgan fingerprint density at radius 3 is 2.17 bits per heavy atom. The highest BCUT2D eigenvalue weighted by Gasteiger charge is 2.34. The molecule has 0 aromatic heterocycles. The van der Waals surface area contributed by atoms with Crippen LogP contribution in [0.1, 0.15) is 65.4 Å². The number of rotatable bonds is 14. The lowest BCUT2D eigenvalue weighted by molar-refractivity contribution is -0.384. The molecule has 0 saturated carbocycles. The van der Waals surface area contributed by atoms with Crippen molar-refractivity contribution in [2.45, 2.75) is 65.2 Å². The van der Waals surface area contributed by atoms with Gasteiger partial charge in [0, 0.05) is 25.7 Å². The normalized spacial score (nSPS) is 11.6. The number of nitrogens with zero attached hydrogens (tertiary/aromatic N) is 3. The van der Waals surface area contributed by atoms with Crippen LogP contribution < -0.4 is 5.32 Å². The van der Waals surface area contributed by atoms with Gasteiger partial charge in [-0.2, -0.15) is 0 Å². The number of nitrogens with one attached hydrogen (secondary N) is 1. The Morgan fingerprint density at radius 1 is 1.07 bits per heavy atom. The van der Waals surface area contributed by atoms with Crippen molar-refractivity contribution >= 4 is 17.3 Å². The van der Waals surface area contributed by atoms with E-state index in [2.05, 4.69) is 24.1 Å². The number of unbranched alkanes of at least 4 members (excludes halogenated alkanes) is 2. The van der Waals surface area contributed by atoms with Crippen LogP contribution in [0.2, 0.25) is 0 Å². The zero-order valence-corrected chi connectivity index (χ0v) is 19.7. The molecule has 0 radical (unpaired) electrons. The molecule has 30 heavy (non-hydrogen) atoms. The number of nitro benzene ring substituents is 1. The Balaban J connectivity index is 3.11. The molecule has 1 aromatic carbocycles. The Morgan fingerprint density at radius 2 is 1.67 bits per heavy atom. The smallest absolute Gasteiger partial charge is 0.292 e. The molecule has 0 fully saturated rings. The molecule has 1 N–H and O–H groups in total. The van der Waals surface area contributed by atoms with E-state index in [1.807, 2.05) is 32.8 Å². The quantitative estimate of drug-likeness (QED) is 0.269. The van der Waals surface area contributed by atoms with E-state index in [0.717, 1.165) is 57.3 Å². The van der Waals surface area contributed by atoms with Gasteiger partial charge in [-0.3, -0.25) is 14.9 Å². The lowest BCUT2D eigenvalue weighted by Crippen LogP contribution is -2.44. The Labute approximate surface area is 182 Å². The number of anilines is 1. The van der Waals surface area contributed by atoms with Gasteiger partial charge in [-0.15, -0.1) is 0 Å². The van der Waals surface area contributed by atoms with Crippen molar-refractivity contribution in [3.8, 4) is 0 Å². The van der Waals surface area contributed by atoms with Gasteiger partial charge in [0.2, 0.25) is 5.91 Å². The molecule has 0 aliphatic carbocycles. The highest BCUT2D eigenvalue weighted by molar-refractivity contribution is 5.88. The summed E-state index contributed by atoms with van der Waals surface area (Å²) < 4.78 is 0. The molecule has 0 unspecified atom stereocenters. The van der Waals surface area contributed by atoms with E-state index < -0.39 is 5.41 Å². The van der Waals surface area contributed by atoms with E-state index >= 15 is 0 Å². The first-order valence-corrected chi connectivity index (χ1v) is 11.1. The van der Waals surface area contributed by atoms with Crippen LogP contribution in [0.25, 0.3) is 0 Å². The van der Waals surface area contributed by atoms with Crippen LogP contribution in [0.3, 0.4) is 0 Å². The molecule has 170 valence electrons. The van der Waals surface area contributed by atoms with Crippen molar-refractivity contribution in [2.24, 2.45) is 0 Å². The summed E-state index contributed by atoms with van der Waals surface area (Å²) in [6.45, 7) is 11.1. The van der Waals surface area contributed by atoms with E-state index in [4.69, 9.17) is 0 Å². The first-order valence-electron chi connectivity index (χ1n) is 11.1. The standard InChI is InChI=1S/C23H40N4O3/c1-7-9-16-26(17-10-8-2)22(28)23(3,4)19-12-13-21(27(29)30)20(18-19)24-14-11-15-25(5)6/h12-13,18,24H,7-11,14-17H2,1-6H3. The largest absolute Gasteiger partial charge is 0.379 e. The van der Waals surface area contributed by atoms with Gasteiger partial charge in [0.25, 0.3) is 5.69 Å². The van der Waals surface area contributed by atoms with Crippen molar-refractivity contribution in [3.05, 3.63) is 33.9 Å². The molecule has 0 spiro atoms. The molecule has 0 aliphatic rings. The molecular weight excluding hydrogens is 380 g/mol. The van der Waals surface area contributed by atoms with Gasteiger partial charge < -0.3 is 15.1 Å². The number of carbonyl (C=O) groups is 1. The van der Waals surface area contributed by atoms with Gasteiger partial charge >= 0.3 is 0 Å². The predicted octanol–water partition coefficient (Wildman–Crippen LogP) is 4.66. The average Bonchev–Trinajstić information content (AvgIpc) is 2.70. The average molecular weight is 421 g/mol. The number of amides is 1. The summed E-state index contributed by atoms with van der Waals surface area (Å²) in [5.74, 6) is 0.0804. The summed E-state index contributed by atoms with van der Waals surface area (Å²) in [7, 11) is 4.00. The fourth-order valence-electron chi connectivity index (χ4n) is 3.38. The first kappa shape index (κ1) is 25.9. The zero-order valence-electron chi connectivity index (χ0n) is 19.7. The monoisotopic (exact) mass is 420 g/mol. The molecule has 0 aliphatic heterocycles. The van der Waals surface area contributed by atoms with Gasteiger partial charge in [0.05, 0.1) is 10.3 Å². The van der Waals surface area contributed by atoms with Crippen LogP contribution >= 0.6 is 0 Å². The molecule has 1 rings (SSSR count). The molecule has 0 saturated heterocycles. The highest BCUT2D eigenvalue weighted by atomic mass is 16.6. The van der Waals surface area contributed by atoms with Crippen molar-refractivity contribution in [2.75, 3.05) is 45.6 Å². The lowest BCUT2D eigenvalue weighted by Gasteiger charge is -2.33. The van der Waals surface area contributed by atoms with E-state index in [1.54, 1.807) is 12.1 Å². The van der Waals surface area contributed by atoms with E-state index in [1.165, 1.54) is 6.07 Å². The van der Waals surface area contributed by atoms with E-state index in [9.17, 15) is 14.9 Å². The van der Waals surface area contributed by atoms with Crippen molar-refractivity contribution in [1.82, 2.24) is 9.80 Å². The Kier molecular flexibility index (Phi) is 10.8. The molecule has 0 atom stereocenters. The molecule has 7 heteroatoms. The molecule has 7 nitrogen and oxygen atoms in total. The fraction of sp³-hybridized carbons (Fsp3) is 0.696. The van der Waals surface area contributed by atoms with E-state index in [0.29, 0.717) is 12.2 Å². The van der Waals surface area contributed by atoms with Crippen LogP contribution in [-0.2, 0) is 10.2 Å². The molecular formula is C23H40N4O3. The number of hydrogen-bond acceptors (Lipinski definition) is 5. The SMILES string of the molecule is CCCCN(CCCC)C(=O)C(C)(C)c1ccc([N+](=O)[O-])c(NCCCN(C)C)c1. The van der Waals surface area contributed by atoms with Gasteiger partial charge in [0.15, 0.2) is 0 Å². The summed E-state index contributed by atoms with van der Waals surface area (Å²) in [4.78, 5) is 28.6. The van der Waals surface area contributed by atoms with Gasteiger partial charge in [0.1, 0.15) is 5.69 Å². The maximum Gasteiger partial charge on any atom is 0.292 e. The minimum absolute atomic E-state index is 0.0423. The topological polar surface area (TPSA) is 78.7 Å². The van der Waals surface area contributed by atoms with Crippen LogP contribution in [-0.4, -0.2) is 60.9 Å². The summed E-state index contributed by atoms with van der Waals surface area (Å²) in [6.07, 6.45) is 4.90. The minimum atomic E-state index is -0.753. The Bertz CT molecular complexity index is 681. The van der Waals surface area contributed by atoms with Crippen LogP contribution in [0.15, 0.2) is 18.2 Å². The van der Waals surface area contributed by atoms with Crippen LogP contribution in [0.5, 0.6) is 0 Å². The fourth-order valence-corrected chi connectivity index (χ4v) is 3.38. The van der Waals surface area contributed by atoms with Crippen LogP contribution in [0.4, 0.5) is 11.4 Å². The maximum atomic E-state index is 13.4. The lowest BCUT2D eigenvalue weighted by atomic mass is 9.82. The van der Waals surface area contributed by atoms with Gasteiger partial charge in [-0.05, 0) is 65.4 Å². The Hall–Kier alpha value is -2.15. The molecule has 1 amide bonds. The first-order chi connectivity index (χ1) is 14.1. The van der Waals surface area contributed by atoms with E-state index in [-0.39, 0.29) is 16.5 Å². The van der Waals surface area contributed by atoms with Gasteiger partial charge in [-0.1, -0.05) is 32.8 Å². The number of benzene rings is 1. The third-order valence-electron chi connectivity index (χ3n) is 5.40. The van der Waals surface area contributed by atoms with Crippen molar-refractivity contribution < 1.29 is 9.72 Å². The second kappa shape index (κ2) is 12.5. The third-order valence-corrected chi connectivity index (χ3v) is 5.40. The summed E-state index contributed by atoms with van der Waals surface area (Å²) in [5, 5.41) is 14.7.